The molecule has 0 fully saturated rings. The molecule has 40 heteroatoms. The van der Waals surface area contributed by atoms with Crippen LogP contribution in [0.15, 0.2) is 198 Å². The summed E-state index contributed by atoms with van der Waals surface area (Å²) in [4.78, 5) is 40.6. The van der Waals surface area contributed by atoms with Crippen molar-refractivity contribution in [1.82, 2.24) is 69.8 Å². The van der Waals surface area contributed by atoms with E-state index in [0.29, 0.717) is 114 Å². The van der Waals surface area contributed by atoms with Gasteiger partial charge in [-0.05, 0) is 60.7 Å². The Morgan fingerprint density at radius 2 is 0.758 bits per heavy atom. The van der Waals surface area contributed by atoms with Gasteiger partial charge in [0.2, 0.25) is 21.3 Å². The van der Waals surface area contributed by atoms with Crippen molar-refractivity contribution in [3.63, 3.8) is 0 Å². The van der Waals surface area contributed by atoms with E-state index in [4.69, 9.17) is 141 Å². The summed E-state index contributed by atoms with van der Waals surface area (Å²) in [5.74, 6) is 5.20. The van der Waals surface area contributed by atoms with Gasteiger partial charge in [0.1, 0.15) is 57.0 Å². The normalized spacial score (nSPS) is 11.0. The minimum atomic E-state index is -3.19. The lowest BCUT2D eigenvalue weighted by Gasteiger charge is -2.08. The lowest BCUT2D eigenvalue weighted by molar-refractivity contribution is -0.252. The number of nitrogens with one attached hydrogen (secondary N) is 2. The second-order valence-electron chi connectivity index (χ2n) is 26.9. The molecule has 0 saturated heterocycles. The summed E-state index contributed by atoms with van der Waals surface area (Å²) in [5.41, 5.74) is 17.3. The van der Waals surface area contributed by atoms with Gasteiger partial charge >= 0.3 is 7.40 Å². The number of nitrogens with zero attached hydrogens (tertiary/aromatic N) is 13. The number of nitrogen functional groups attached to an aromatic ring is 1. The maximum atomic E-state index is 12.3. The van der Waals surface area contributed by atoms with E-state index in [0.717, 1.165) is 106 Å². The number of hydrazine groups is 1. The fraction of sp³-hybridized carbons (Fsp3) is 0.228. The number of amides is 2. The Kier molecular flexibility index (Phi) is 42.9. The number of aliphatic hydroxyl groups is 1. The third-order valence-corrected chi connectivity index (χ3v) is 21.4. The first-order valence-electron chi connectivity index (χ1n) is 37.2. The smallest absolute Gasteiger partial charge is 0.474 e. The van der Waals surface area contributed by atoms with Crippen LogP contribution in [0.25, 0.3) is 122 Å². The van der Waals surface area contributed by atoms with Crippen molar-refractivity contribution in [2.45, 2.75) is 51.0 Å². The molecule has 0 unspecified atom stereocenters. The van der Waals surface area contributed by atoms with Crippen LogP contribution in [0, 0.1) is 0 Å². The van der Waals surface area contributed by atoms with Gasteiger partial charge in [-0.3, -0.25) is 38.4 Å². The summed E-state index contributed by atoms with van der Waals surface area (Å²) >= 11 is 61.5. The van der Waals surface area contributed by atoms with Crippen LogP contribution in [0.4, 0.5) is 0 Å². The number of hydrogen-bond acceptors (Lipinski definition) is 21. The number of aromatic nitrogens is 12. The molecule has 0 radical (unpaired) electrons. The lowest BCUT2D eigenvalue weighted by Crippen LogP contribution is -2.31. The number of aryl methyl sites for hydroxylation is 5. The average molecular weight is 2040 g/mol. The van der Waals surface area contributed by atoms with Crippen molar-refractivity contribution in [2.75, 3.05) is 61.0 Å². The van der Waals surface area contributed by atoms with E-state index >= 15 is 0 Å². The van der Waals surface area contributed by atoms with E-state index in [9.17, 15) is 22.8 Å². The first kappa shape index (κ1) is 112. The molecule has 2 amide bonds. The standard InChI is InChI=1S/C17H15Cl2N3O2.C17H13Cl2N3O.C16H10Cl2N4O.C16H12Cl2N2O2.C15H12Cl2N4O.C4H10O3.CH3ClO2S.6CH4/c1-22-16(17(24)20-7-8-23)13-4-2-3-12(15(13)21-22)11-6-5-10(18)9-14(11)19;1-22-16(17-20-7-8-23-17)13-4-2-3-12(15(13)21-22)11-6-5-10(18)9-14(11)19;1-22-15(16-20-19-8-23-16)12-4-2-3-11(14(12)21-22)10-6-5-9(17)7-13(10)18;1-20-15(16(21)22-2)12-5-3-4-11(14(12)19-20)10-7-6-9(17)8-13(10)18;1-21-14(15(22)19-18)11-4-2-3-10(13(11)20-21)9-6-5-8(16)7-12(9)17;1-5-4(6-2)7-3;1-5(2,3)4;;;;;;/h2-6,9,23H,7-8H2,1H3,(H,20,24);2-6,9H,7-8H2,1H3;2-8H,1H3;3-8H,1-2H3;2-7H,18H2,1H3,(H,19,22);4H,1-3H3;1H3;6*1H4/p+1. The summed E-state index contributed by atoms with van der Waals surface area (Å²) < 4.78 is 56.5. The number of carbonyl (C=O) groups is 3. The molecule has 1 aliphatic rings. The maximum absolute atomic E-state index is 12.3. The van der Waals surface area contributed by atoms with Crippen LogP contribution >= 0.6 is 127 Å². The molecule has 1 aliphatic heterocycles. The molecule has 10 aromatic carbocycles. The topological polar surface area (TPSA) is 342 Å². The summed E-state index contributed by atoms with van der Waals surface area (Å²) in [6, 6.07) is 55.4. The molecule has 0 bridgehead atoms. The van der Waals surface area contributed by atoms with Crippen LogP contribution in [-0.4, -0.2) is 164 Å². The molecule has 6 aromatic heterocycles. The Morgan fingerprint density at radius 1 is 0.455 bits per heavy atom. The fourth-order valence-electron chi connectivity index (χ4n) is 13.5. The maximum Gasteiger partial charge on any atom is 1.00 e. The Hall–Kier alpha value is -10.5. The number of fused-ring (bicyclic) bond motifs is 5. The highest BCUT2D eigenvalue weighted by molar-refractivity contribution is 8.13. The Labute approximate surface area is 821 Å². The van der Waals surface area contributed by atoms with Crippen molar-refractivity contribution in [2.24, 2.45) is 46.1 Å². The van der Waals surface area contributed by atoms with Gasteiger partial charge in [0.15, 0.2) is 5.69 Å². The van der Waals surface area contributed by atoms with E-state index in [1.807, 2.05) is 152 Å². The van der Waals surface area contributed by atoms with Gasteiger partial charge in [-0.15, -0.1) is 10.2 Å². The first-order chi connectivity index (χ1) is 60.2. The zero-order valence-electron chi connectivity index (χ0n) is 69.2. The van der Waals surface area contributed by atoms with Crippen LogP contribution in [0.1, 0.15) is 83.1 Å². The van der Waals surface area contributed by atoms with Crippen LogP contribution < -0.4 is 16.6 Å². The zero-order chi connectivity index (χ0) is 91.1. The monoisotopic (exact) mass is 2040 g/mol. The van der Waals surface area contributed by atoms with Gasteiger partial charge in [0.25, 0.3) is 24.2 Å². The second kappa shape index (κ2) is 50.6. The molecule has 0 saturated carbocycles. The van der Waals surface area contributed by atoms with Gasteiger partial charge in [0.05, 0.1) is 26.5 Å². The third kappa shape index (κ3) is 26.3. The fourth-order valence-corrected chi connectivity index (χ4v) is 16.0. The van der Waals surface area contributed by atoms with Gasteiger partial charge in [0, 0.05) is 207 Å². The number of hydrogen-bond donors (Lipinski definition) is 4. The van der Waals surface area contributed by atoms with Gasteiger partial charge in [-0.2, -0.15) is 25.5 Å². The number of rotatable bonds is 15. The first-order valence-corrected chi connectivity index (χ1v) is 43.7. The SMILES string of the molecule is C.C.C.C.C.C.COC(=O)c1c2cccc(-c3ccc(Cl)cc3Cl)c2nn1C.COC(OC)OC.CS(=O)(=O)Cl.Cn1nc2c(-c3ccc(Cl)cc3Cl)cccc2c1-c1nnco1.Cn1nc2c(-c3ccc(Cl)cc3Cl)cccc2c1C(=O)NCCO.Cn1nc2c(-c3ccc(Cl)cc3Cl)cccc2c1C(=O)NN.Cn1nc2c(-c3ccc(Cl)cc3Cl)cccc2c1C1=NCCO1.[H+]. The highest BCUT2D eigenvalue weighted by Gasteiger charge is 2.27. The highest BCUT2D eigenvalue weighted by Crippen LogP contribution is 2.42. The number of benzene rings is 10. The van der Waals surface area contributed by atoms with Crippen molar-refractivity contribution >= 4 is 214 Å². The van der Waals surface area contributed by atoms with Gasteiger partial charge in [-0.1, -0.05) is 282 Å². The number of carbonyl (C=O) groups excluding carboxylic acids is 3. The highest BCUT2D eigenvalue weighted by atomic mass is 35.7. The minimum absolute atomic E-state index is 0. The Bertz CT molecular complexity index is 6710. The summed E-state index contributed by atoms with van der Waals surface area (Å²) in [6.07, 6.45) is 2.22. The predicted molar refractivity (Wildman–Crippen MR) is 541 cm³/mol. The second-order valence-corrected chi connectivity index (χ2v) is 34.2. The Morgan fingerprint density at radius 3 is 1.05 bits per heavy atom. The zero-order valence-corrected chi connectivity index (χ0v) is 77.3. The lowest BCUT2D eigenvalue weighted by atomic mass is 10.0. The van der Waals surface area contributed by atoms with Crippen molar-refractivity contribution in [3.8, 4) is 67.2 Å². The summed E-state index contributed by atoms with van der Waals surface area (Å²) in [7, 11) is 16.0. The number of aliphatic imine (C=N–C) groups is 1. The van der Waals surface area contributed by atoms with Crippen LogP contribution in [0.3, 0.4) is 0 Å². The molecule has 0 spiro atoms. The van der Waals surface area contributed by atoms with E-state index in [1.54, 1.807) is 74.4 Å². The van der Waals surface area contributed by atoms with Crippen molar-refractivity contribution in [1.29, 1.82) is 0 Å². The molecule has 0 atom stereocenters. The summed E-state index contributed by atoms with van der Waals surface area (Å²) in [6.45, 7) is 0.858. The average Bonchev–Trinajstić information content (AvgIpc) is 1.63. The molecule has 16 aromatic rings. The molecule has 7 heterocycles. The molecule has 28 nitrogen and oxygen atoms in total. The van der Waals surface area contributed by atoms with E-state index in [2.05, 4.69) is 76.3 Å². The molecular weight excluding hydrogens is 1940 g/mol. The van der Waals surface area contributed by atoms with Crippen LogP contribution in [0.5, 0.6) is 0 Å². The predicted octanol–water partition coefficient (Wildman–Crippen LogP) is 24.0. The quantitative estimate of drug-likeness (QED) is 0.0185. The molecule has 5 N–H and O–H groups in total. The van der Waals surface area contributed by atoms with Gasteiger partial charge in [-0.25, -0.2) is 24.0 Å². The van der Waals surface area contributed by atoms with Crippen molar-refractivity contribution in [3.05, 3.63) is 261 Å². The number of esters is 1. The molecule has 132 heavy (non-hydrogen) atoms. The minimum Gasteiger partial charge on any atom is -0.474 e. The number of ether oxygens (including phenoxy) is 5. The molecular formula is C92H100Cl11N16O12S+. The number of nitrogens with two attached hydrogens (primary N) is 1. The molecule has 0 aliphatic carbocycles. The summed E-state index contributed by atoms with van der Waals surface area (Å²) in [5, 5.41) is 51.6. The number of aliphatic hydroxyl groups excluding tert-OH is 1. The largest absolute Gasteiger partial charge is 1.00 e. The van der Waals surface area contributed by atoms with Crippen molar-refractivity contribution < 1.29 is 57.4 Å². The van der Waals surface area contributed by atoms with E-state index in [-0.39, 0.29) is 65.0 Å². The van der Waals surface area contributed by atoms with E-state index < -0.39 is 27.4 Å². The molecule has 702 valence electrons. The third-order valence-electron chi connectivity index (χ3n) is 18.7. The number of halogens is 11. The number of methoxy groups -OCH3 is 4. The van der Waals surface area contributed by atoms with Crippen LogP contribution in [0.2, 0.25) is 50.2 Å². The Balaban J connectivity index is 0.000000333. The van der Waals surface area contributed by atoms with Gasteiger partial charge < -0.3 is 38.5 Å². The molecule has 17 rings (SSSR count). The van der Waals surface area contributed by atoms with Crippen LogP contribution in [-0.2, 0) is 68.0 Å². The van der Waals surface area contributed by atoms with E-state index in [1.165, 1.54) is 48.9 Å².